The van der Waals surface area contributed by atoms with Crippen LogP contribution in [0.3, 0.4) is 0 Å². The Bertz CT molecular complexity index is 683. The molecule has 0 radical (unpaired) electrons. The van der Waals surface area contributed by atoms with Crippen molar-refractivity contribution in [2.45, 2.75) is 0 Å². The van der Waals surface area contributed by atoms with Crippen molar-refractivity contribution in [2.24, 2.45) is 23.5 Å². The number of hydrogen-bond donors (Lipinski definition) is 6. The zero-order valence-electron chi connectivity index (χ0n) is 14.5. The number of rotatable bonds is 12. The number of aliphatic carboxylic acids is 2. The van der Waals surface area contributed by atoms with Gasteiger partial charge in [-0.15, -0.1) is 0 Å². The molecule has 14 heteroatoms. The predicted molar refractivity (Wildman–Crippen MR) is 92.3 cm³/mol. The first-order valence-corrected chi connectivity index (χ1v) is 7.74. The van der Waals surface area contributed by atoms with Crippen LogP contribution in [-0.4, -0.2) is 81.2 Å². The molecule has 8 N–H and O–H groups in total. The van der Waals surface area contributed by atoms with Crippen LogP contribution in [0.2, 0.25) is 0 Å². The maximum absolute atomic E-state index is 11.3. The lowest BCUT2D eigenvalue weighted by atomic mass is 10.1. The van der Waals surface area contributed by atoms with E-state index in [1.54, 1.807) is 0 Å². The Morgan fingerprint density at radius 3 is 1.39 bits per heavy atom. The SMILES string of the molecule is NN(C[C@H](CO)C(=O)O)c1nc(C=O)c(N(N)C[C@H](CO)C(=O)O)nc1C=O. The van der Waals surface area contributed by atoms with Crippen LogP contribution < -0.4 is 21.7 Å². The highest BCUT2D eigenvalue weighted by molar-refractivity contribution is 5.87. The maximum atomic E-state index is 11.3. The summed E-state index contributed by atoms with van der Waals surface area (Å²) in [4.78, 5) is 52.4. The average molecular weight is 400 g/mol. The summed E-state index contributed by atoms with van der Waals surface area (Å²) >= 11 is 0. The molecule has 0 saturated carbocycles. The van der Waals surface area contributed by atoms with E-state index in [-0.39, 0.29) is 24.2 Å². The van der Waals surface area contributed by atoms with E-state index in [2.05, 4.69) is 9.97 Å². The Balaban J connectivity index is 3.27. The number of hydrogen-bond acceptors (Lipinski definition) is 12. The lowest BCUT2D eigenvalue weighted by molar-refractivity contribution is -0.143. The molecule has 0 aliphatic rings. The third-order valence-electron chi connectivity index (χ3n) is 3.65. The number of carbonyl (C=O) groups is 4. The lowest BCUT2D eigenvalue weighted by Gasteiger charge is -2.25. The van der Waals surface area contributed by atoms with Gasteiger partial charge in [0.2, 0.25) is 0 Å². The Morgan fingerprint density at radius 2 is 1.18 bits per heavy atom. The highest BCUT2D eigenvalue weighted by Crippen LogP contribution is 2.21. The van der Waals surface area contributed by atoms with Crippen LogP contribution in [0.1, 0.15) is 21.0 Å². The zero-order valence-corrected chi connectivity index (χ0v) is 14.5. The van der Waals surface area contributed by atoms with Gasteiger partial charge in [0, 0.05) is 0 Å². The summed E-state index contributed by atoms with van der Waals surface area (Å²) in [5.41, 5.74) is -0.812. The molecule has 0 aliphatic carbocycles. The van der Waals surface area contributed by atoms with Crippen molar-refractivity contribution < 1.29 is 39.6 Å². The van der Waals surface area contributed by atoms with Crippen molar-refractivity contribution in [3.8, 4) is 0 Å². The fraction of sp³-hybridized carbons (Fsp3) is 0.429. The Labute approximate surface area is 157 Å². The topological polar surface area (TPSA) is 233 Å². The summed E-state index contributed by atoms with van der Waals surface area (Å²) in [6.45, 7) is -2.37. The van der Waals surface area contributed by atoms with Crippen LogP contribution in [0.15, 0.2) is 0 Å². The molecule has 0 unspecified atom stereocenters. The van der Waals surface area contributed by atoms with Crippen LogP contribution in [0.25, 0.3) is 0 Å². The summed E-state index contributed by atoms with van der Waals surface area (Å²) in [5.74, 6) is 5.45. The minimum Gasteiger partial charge on any atom is -0.481 e. The second-order valence-electron chi connectivity index (χ2n) is 5.62. The van der Waals surface area contributed by atoms with Crippen molar-refractivity contribution in [2.75, 3.05) is 36.3 Å². The average Bonchev–Trinajstić information content (AvgIpc) is 2.67. The van der Waals surface area contributed by atoms with Gasteiger partial charge in [0.05, 0.1) is 38.1 Å². The van der Waals surface area contributed by atoms with E-state index in [9.17, 15) is 19.2 Å². The molecule has 1 aromatic rings. The predicted octanol–water partition coefficient (Wildman–Crippen LogP) is -3.15. The number of carbonyl (C=O) groups excluding carboxylic acids is 2. The lowest BCUT2D eigenvalue weighted by Crippen LogP contribution is -2.43. The quantitative estimate of drug-likeness (QED) is 0.115. The van der Waals surface area contributed by atoms with E-state index in [1.165, 1.54) is 0 Å². The van der Waals surface area contributed by atoms with Gasteiger partial charge in [0.1, 0.15) is 11.4 Å². The van der Waals surface area contributed by atoms with Gasteiger partial charge in [-0.3, -0.25) is 29.2 Å². The molecule has 154 valence electrons. The molecular weight excluding hydrogens is 380 g/mol. The Morgan fingerprint density at radius 1 is 0.857 bits per heavy atom. The number of nitrogens with two attached hydrogens (primary N) is 2. The van der Waals surface area contributed by atoms with E-state index in [0.717, 1.165) is 10.0 Å². The highest BCUT2D eigenvalue weighted by Gasteiger charge is 2.26. The molecule has 0 spiro atoms. The first-order valence-electron chi connectivity index (χ1n) is 7.74. The van der Waals surface area contributed by atoms with E-state index in [1.807, 2.05) is 0 Å². The fourth-order valence-corrected chi connectivity index (χ4v) is 2.10. The monoisotopic (exact) mass is 400 g/mol. The van der Waals surface area contributed by atoms with Crippen LogP contribution in [0.5, 0.6) is 0 Å². The molecule has 0 fully saturated rings. The van der Waals surface area contributed by atoms with Crippen LogP contribution >= 0.6 is 0 Å². The van der Waals surface area contributed by atoms with Gasteiger partial charge in [-0.25, -0.2) is 21.7 Å². The third-order valence-corrected chi connectivity index (χ3v) is 3.65. The summed E-state index contributed by atoms with van der Waals surface area (Å²) in [5, 5.41) is 37.6. The molecule has 1 aromatic heterocycles. The number of carboxylic acid groups (broad SMARTS) is 2. The zero-order chi connectivity index (χ0) is 21.4. The molecule has 2 atom stereocenters. The molecule has 0 bridgehead atoms. The number of nitrogens with zero attached hydrogens (tertiary/aromatic N) is 4. The van der Waals surface area contributed by atoms with Crippen molar-refractivity contribution in [3.63, 3.8) is 0 Å². The van der Waals surface area contributed by atoms with Gasteiger partial charge in [-0.2, -0.15) is 0 Å². The Hall–Kier alpha value is -3.20. The number of aliphatic hydroxyl groups excluding tert-OH is 2. The van der Waals surface area contributed by atoms with E-state index >= 15 is 0 Å². The number of anilines is 2. The van der Waals surface area contributed by atoms with Gasteiger partial charge in [0.25, 0.3) is 0 Å². The van der Waals surface area contributed by atoms with Crippen molar-refractivity contribution >= 4 is 36.1 Å². The summed E-state index contributed by atoms with van der Waals surface area (Å²) in [7, 11) is 0. The normalized spacial score (nSPS) is 12.7. The minimum absolute atomic E-state index is 0.226. The van der Waals surface area contributed by atoms with Gasteiger partial charge in [0.15, 0.2) is 24.2 Å². The van der Waals surface area contributed by atoms with Crippen molar-refractivity contribution in [1.29, 1.82) is 0 Å². The van der Waals surface area contributed by atoms with E-state index in [0.29, 0.717) is 0 Å². The smallest absolute Gasteiger partial charge is 0.310 e. The van der Waals surface area contributed by atoms with E-state index in [4.69, 9.17) is 32.1 Å². The van der Waals surface area contributed by atoms with Crippen molar-refractivity contribution in [1.82, 2.24) is 9.97 Å². The largest absolute Gasteiger partial charge is 0.481 e. The second kappa shape index (κ2) is 10.2. The number of carboxylic acids is 2. The second-order valence-corrected chi connectivity index (χ2v) is 5.62. The van der Waals surface area contributed by atoms with Crippen LogP contribution in [0.4, 0.5) is 11.6 Å². The summed E-state index contributed by atoms with van der Waals surface area (Å²) < 4.78 is 0. The number of aliphatic hydroxyl groups is 2. The summed E-state index contributed by atoms with van der Waals surface area (Å²) in [6, 6.07) is 0. The number of aldehydes is 2. The standard InChI is InChI=1S/C14H20N6O8/c15-19(1-7(3-21)13(25)26)11-9(5-23)18-12(10(6-24)17-11)20(16)2-8(4-22)14(27)28/h5-8,21-22H,1-4,15-16H2,(H,25,26)(H,27,28)/t7-,8-/m1/s1. The van der Waals surface area contributed by atoms with Crippen LogP contribution in [-0.2, 0) is 9.59 Å². The van der Waals surface area contributed by atoms with Crippen molar-refractivity contribution in [3.05, 3.63) is 11.4 Å². The van der Waals surface area contributed by atoms with Crippen LogP contribution in [0, 0.1) is 11.8 Å². The molecule has 0 saturated heterocycles. The molecule has 28 heavy (non-hydrogen) atoms. The third kappa shape index (κ3) is 5.40. The molecule has 0 aliphatic heterocycles. The summed E-state index contributed by atoms with van der Waals surface area (Å²) in [6.07, 6.45) is 0.452. The molecule has 1 heterocycles. The number of hydrazine groups is 2. The molecule has 1 rings (SSSR count). The molecule has 0 aromatic carbocycles. The first-order chi connectivity index (χ1) is 13.2. The number of aromatic nitrogens is 2. The molecular formula is C14H20N6O8. The minimum atomic E-state index is -1.34. The van der Waals surface area contributed by atoms with Gasteiger partial charge >= 0.3 is 11.9 Å². The van der Waals surface area contributed by atoms with Gasteiger partial charge in [-0.1, -0.05) is 0 Å². The van der Waals surface area contributed by atoms with E-state index < -0.39 is 61.5 Å². The Kier molecular flexibility index (Phi) is 8.33. The molecule has 0 amide bonds. The molecule has 14 nitrogen and oxygen atoms in total. The first kappa shape index (κ1) is 22.8. The fourth-order valence-electron chi connectivity index (χ4n) is 2.10. The maximum Gasteiger partial charge on any atom is 0.310 e. The van der Waals surface area contributed by atoms with Gasteiger partial charge in [-0.05, 0) is 0 Å². The highest BCUT2D eigenvalue weighted by atomic mass is 16.4. The van der Waals surface area contributed by atoms with Gasteiger partial charge < -0.3 is 20.4 Å².